The second-order valence-electron chi connectivity index (χ2n) is 6.08. The molecule has 3 aromatic rings. The molecule has 4 rings (SSSR count). The number of amides is 1. The highest BCUT2D eigenvalue weighted by Gasteiger charge is 2.24. The number of carbonyl (C=O) groups is 1. The van der Waals surface area contributed by atoms with Gasteiger partial charge in [-0.05, 0) is 37.1 Å². The van der Waals surface area contributed by atoms with Crippen LogP contribution in [0.3, 0.4) is 0 Å². The molecule has 1 amide bonds. The molecule has 1 heterocycles. The third-order valence-corrected chi connectivity index (χ3v) is 3.93. The Kier molecular flexibility index (Phi) is 4.47. The van der Waals surface area contributed by atoms with E-state index in [-0.39, 0.29) is 5.91 Å². The molecule has 1 aliphatic carbocycles. The van der Waals surface area contributed by atoms with E-state index in [9.17, 15) is 4.79 Å². The van der Waals surface area contributed by atoms with Crippen molar-refractivity contribution in [3.63, 3.8) is 0 Å². The van der Waals surface area contributed by atoms with E-state index in [0.717, 1.165) is 24.3 Å². The number of carbonyl (C=O) groups excluding carboxylic acids is 1. The van der Waals surface area contributed by atoms with E-state index in [2.05, 4.69) is 20.6 Å². The summed E-state index contributed by atoms with van der Waals surface area (Å²) in [7, 11) is 0. The number of rotatable bonds is 6. The predicted octanol–water partition coefficient (Wildman–Crippen LogP) is 3.90. The van der Waals surface area contributed by atoms with Crippen LogP contribution in [0.25, 0.3) is 0 Å². The van der Waals surface area contributed by atoms with Crippen molar-refractivity contribution in [1.82, 2.24) is 15.3 Å². The highest BCUT2D eigenvalue weighted by Crippen LogP contribution is 2.30. The Hall–Kier alpha value is -3.41. The summed E-state index contributed by atoms with van der Waals surface area (Å²) in [5.74, 6) is 1.68. The van der Waals surface area contributed by atoms with Gasteiger partial charge in [-0.2, -0.15) is 0 Å². The van der Waals surface area contributed by atoms with Crippen LogP contribution in [-0.4, -0.2) is 21.9 Å². The molecule has 0 bridgehead atoms. The van der Waals surface area contributed by atoms with E-state index in [1.54, 1.807) is 0 Å². The van der Waals surface area contributed by atoms with Crippen LogP contribution < -0.4 is 15.4 Å². The van der Waals surface area contributed by atoms with Gasteiger partial charge in [-0.1, -0.05) is 30.3 Å². The fourth-order valence-electron chi connectivity index (χ4n) is 2.40. The lowest BCUT2D eigenvalue weighted by molar-refractivity contribution is 0.0950. The zero-order valence-corrected chi connectivity index (χ0v) is 14.1. The van der Waals surface area contributed by atoms with Crippen LogP contribution >= 0.6 is 0 Å². The molecule has 130 valence electrons. The SMILES string of the molecule is O=C(NC1CC1)c1cnc(Nc2ccccc2Oc2ccccc2)nc1. The number of benzene rings is 2. The summed E-state index contributed by atoms with van der Waals surface area (Å²) in [6.07, 6.45) is 5.14. The molecule has 6 heteroatoms. The monoisotopic (exact) mass is 346 g/mol. The highest BCUT2D eigenvalue weighted by atomic mass is 16.5. The molecule has 1 aromatic heterocycles. The smallest absolute Gasteiger partial charge is 0.254 e. The summed E-state index contributed by atoms with van der Waals surface area (Å²) in [4.78, 5) is 20.5. The minimum absolute atomic E-state index is 0.133. The minimum Gasteiger partial charge on any atom is -0.455 e. The van der Waals surface area contributed by atoms with E-state index >= 15 is 0 Å². The maximum absolute atomic E-state index is 12.0. The number of nitrogens with zero attached hydrogens (tertiary/aromatic N) is 2. The van der Waals surface area contributed by atoms with Crippen molar-refractivity contribution >= 4 is 17.5 Å². The van der Waals surface area contributed by atoms with Crippen LogP contribution in [0.2, 0.25) is 0 Å². The van der Waals surface area contributed by atoms with E-state index in [0.29, 0.717) is 23.3 Å². The van der Waals surface area contributed by atoms with Crippen LogP contribution in [0.1, 0.15) is 23.2 Å². The Bertz CT molecular complexity index is 893. The van der Waals surface area contributed by atoms with Gasteiger partial charge in [0.15, 0.2) is 5.75 Å². The van der Waals surface area contributed by atoms with Gasteiger partial charge >= 0.3 is 0 Å². The first-order chi connectivity index (χ1) is 12.8. The van der Waals surface area contributed by atoms with Gasteiger partial charge in [0.2, 0.25) is 5.95 Å². The number of aromatic nitrogens is 2. The Morgan fingerprint density at radius 1 is 0.962 bits per heavy atom. The van der Waals surface area contributed by atoms with Gasteiger partial charge in [-0.25, -0.2) is 9.97 Å². The molecule has 26 heavy (non-hydrogen) atoms. The molecular formula is C20H18N4O2. The largest absolute Gasteiger partial charge is 0.455 e. The summed E-state index contributed by atoms with van der Waals surface area (Å²) in [5.41, 5.74) is 1.20. The van der Waals surface area contributed by atoms with Crippen molar-refractivity contribution < 1.29 is 9.53 Å². The molecule has 1 saturated carbocycles. The molecule has 2 aromatic carbocycles. The third kappa shape index (κ3) is 3.97. The summed E-state index contributed by atoms with van der Waals surface area (Å²) in [6, 6.07) is 17.4. The second kappa shape index (κ2) is 7.23. The summed E-state index contributed by atoms with van der Waals surface area (Å²) in [5, 5.41) is 6.05. The first kappa shape index (κ1) is 16.1. The number of hydrogen-bond donors (Lipinski definition) is 2. The topological polar surface area (TPSA) is 76.1 Å². The lowest BCUT2D eigenvalue weighted by Crippen LogP contribution is -2.25. The average molecular weight is 346 g/mol. The van der Waals surface area contributed by atoms with Crippen molar-refractivity contribution in [3.05, 3.63) is 72.6 Å². The first-order valence-electron chi connectivity index (χ1n) is 8.50. The van der Waals surface area contributed by atoms with Crippen LogP contribution in [0.4, 0.5) is 11.6 Å². The van der Waals surface area contributed by atoms with Gasteiger partial charge in [-0.15, -0.1) is 0 Å². The van der Waals surface area contributed by atoms with Crippen LogP contribution in [0.5, 0.6) is 11.5 Å². The fraction of sp³-hybridized carbons (Fsp3) is 0.150. The first-order valence-corrected chi connectivity index (χ1v) is 8.50. The third-order valence-electron chi connectivity index (χ3n) is 3.93. The molecule has 2 N–H and O–H groups in total. The zero-order chi connectivity index (χ0) is 17.8. The Balaban J connectivity index is 1.47. The van der Waals surface area contributed by atoms with Crippen LogP contribution in [-0.2, 0) is 0 Å². The van der Waals surface area contributed by atoms with Gasteiger partial charge in [0, 0.05) is 18.4 Å². The van der Waals surface area contributed by atoms with Crippen molar-refractivity contribution in [2.75, 3.05) is 5.32 Å². The van der Waals surface area contributed by atoms with Crippen LogP contribution in [0.15, 0.2) is 67.0 Å². The zero-order valence-electron chi connectivity index (χ0n) is 14.1. The van der Waals surface area contributed by atoms with Crippen molar-refractivity contribution in [1.29, 1.82) is 0 Å². The molecule has 0 unspecified atom stereocenters. The van der Waals surface area contributed by atoms with Crippen molar-refractivity contribution in [3.8, 4) is 11.5 Å². The molecule has 0 atom stereocenters. The maximum atomic E-state index is 12.0. The van der Waals surface area contributed by atoms with E-state index in [1.807, 2.05) is 54.6 Å². The summed E-state index contributed by atoms with van der Waals surface area (Å²) < 4.78 is 5.91. The maximum Gasteiger partial charge on any atom is 0.254 e. The summed E-state index contributed by atoms with van der Waals surface area (Å²) in [6.45, 7) is 0. The lowest BCUT2D eigenvalue weighted by Gasteiger charge is -2.12. The second-order valence-corrected chi connectivity index (χ2v) is 6.08. The molecule has 1 aliphatic rings. The van der Waals surface area contributed by atoms with Crippen molar-refractivity contribution in [2.45, 2.75) is 18.9 Å². The van der Waals surface area contributed by atoms with E-state index in [1.165, 1.54) is 12.4 Å². The predicted molar refractivity (Wildman–Crippen MR) is 98.8 cm³/mol. The van der Waals surface area contributed by atoms with Gasteiger partial charge in [-0.3, -0.25) is 4.79 Å². The van der Waals surface area contributed by atoms with E-state index in [4.69, 9.17) is 4.74 Å². The molecule has 6 nitrogen and oxygen atoms in total. The fourth-order valence-corrected chi connectivity index (χ4v) is 2.40. The molecule has 1 fully saturated rings. The highest BCUT2D eigenvalue weighted by molar-refractivity contribution is 5.94. The Morgan fingerprint density at radius 3 is 2.38 bits per heavy atom. The molecule has 0 radical (unpaired) electrons. The number of anilines is 2. The number of hydrogen-bond acceptors (Lipinski definition) is 5. The number of nitrogens with one attached hydrogen (secondary N) is 2. The Labute approximate surface area is 151 Å². The minimum atomic E-state index is -0.133. The molecule has 0 saturated heterocycles. The quantitative estimate of drug-likeness (QED) is 0.708. The standard InChI is InChI=1S/C20H18N4O2/c25-19(23-15-10-11-15)14-12-21-20(22-13-14)24-17-8-4-5-9-18(17)26-16-6-2-1-3-7-16/h1-9,12-13,15H,10-11H2,(H,23,25)(H,21,22,24). The van der Waals surface area contributed by atoms with Crippen molar-refractivity contribution in [2.24, 2.45) is 0 Å². The summed E-state index contributed by atoms with van der Waals surface area (Å²) >= 11 is 0. The van der Waals surface area contributed by atoms with Gasteiger partial charge in [0.05, 0.1) is 11.3 Å². The molecule has 0 aliphatic heterocycles. The Morgan fingerprint density at radius 2 is 1.65 bits per heavy atom. The van der Waals surface area contributed by atoms with Gasteiger partial charge in [0.25, 0.3) is 5.91 Å². The number of ether oxygens (including phenoxy) is 1. The average Bonchev–Trinajstić information content (AvgIpc) is 3.49. The van der Waals surface area contributed by atoms with E-state index < -0.39 is 0 Å². The number of para-hydroxylation sites is 3. The lowest BCUT2D eigenvalue weighted by atomic mass is 10.3. The molecule has 0 spiro atoms. The van der Waals surface area contributed by atoms with Gasteiger partial charge < -0.3 is 15.4 Å². The normalized spacial score (nSPS) is 13.1. The van der Waals surface area contributed by atoms with Gasteiger partial charge in [0.1, 0.15) is 5.75 Å². The molecular weight excluding hydrogens is 328 g/mol. The van der Waals surface area contributed by atoms with Crippen LogP contribution in [0, 0.1) is 0 Å².